The average Bonchev–Trinajstić information content (AvgIpc) is 2.53. The second-order valence-corrected chi connectivity index (χ2v) is 8.34. The van der Waals surface area contributed by atoms with Crippen molar-refractivity contribution in [3.8, 4) is 0 Å². The molecular formula is C21H31N3O2. The van der Waals surface area contributed by atoms with Gasteiger partial charge in [0.2, 0.25) is 5.91 Å². The first kappa shape index (κ1) is 18.9. The quantitative estimate of drug-likeness (QED) is 0.773. The standard InChI is InChI=1S/C21H31N3O2/c1-12(2)23-21(26)18-8-7-17(9-13(18)3)24-20(25)16-10-14-5-4-6-15(11-16)19(14)22/h7-9,12,14-16,19H,4-6,10-11,22H2,1-3H3,(H,23,26)(H,24,25). The summed E-state index contributed by atoms with van der Waals surface area (Å²) in [7, 11) is 0. The summed E-state index contributed by atoms with van der Waals surface area (Å²) in [6, 6.07) is 5.85. The van der Waals surface area contributed by atoms with Crippen LogP contribution in [0, 0.1) is 24.7 Å². The summed E-state index contributed by atoms with van der Waals surface area (Å²) in [5.41, 5.74) is 8.60. The van der Waals surface area contributed by atoms with Gasteiger partial charge in [-0.25, -0.2) is 0 Å². The Morgan fingerprint density at radius 2 is 1.81 bits per heavy atom. The van der Waals surface area contributed by atoms with Gasteiger partial charge in [-0.15, -0.1) is 0 Å². The summed E-state index contributed by atoms with van der Waals surface area (Å²) in [5, 5.41) is 5.95. The van der Waals surface area contributed by atoms with Crippen LogP contribution < -0.4 is 16.4 Å². The molecule has 2 aliphatic rings. The summed E-state index contributed by atoms with van der Waals surface area (Å²) in [5.74, 6) is 1.04. The zero-order chi connectivity index (χ0) is 18.8. The number of carbonyl (C=O) groups is 2. The molecule has 0 aliphatic heterocycles. The molecule has 2 fully saturated rings. The van der Waals surface area contributed by atoms with E-state index in [4.69, 9.17) is 5.73 Å². The van der Waals surface area contributed by atoms with Gasteiger partial charge in [-0.1, -0.05) is 6.42 Å². The summed E-state index contributed by atoms with van der Waals surface area (Å²) in [6.45, 7) is 5.77. The SMILES string of the molecule is Cc1cc(NC(=O)C2CC3CCCC(C2)C3N)ccc1C(=O)NC(C)C. The monoisotopic (exact) mass is 357 g/mol. The fraction of sp³-hybridized carbons (Fsp3) is 0.619. The second-order valence-electron chi connectivity index (χ2n) is 8.34. The highest BCUT2D eigenvalue weighted by atomic mass is 16.2. The van der Waals surface area contributed by atoms with Gasteiger partial charge in [0.05, 0.1) is 0 Å². The fourth-order valence-electron chi connectivity index (χ4n) is 4.58. The molecule has 0 saturated heterocycles. The first-order valence-corrected chi connectivity index (χ1v) is 9.83. The molecule has 2 amide bonds. The molecule has 2 bridgehead atoms. The van der Waals surface area contributed by atoms with Crippen LogP contribution in [0.3, 0.4) is 0 Å². The van der Waals surface area contributed by atoms with Crippen molar-refractivity contribution in [3.63, 3.8) is 0 Å². The van der Waals surface area contributed by atoms with Crippen molar-refractivity contribution in [3.05, 3.63) is 29.3 Å². The number of anilines is 1. The van der Waals surface area contributed by atoms with Crippen molar-refractivity contribution >= 4 is 17.5 Å². The van der Waals surface area contributed by atoms with Gasteiger partial charge in [0, 0.05) is 29.3 Å². The lowest BCUT2D eigenvalue weighted by Gasteiger charge is -2.43. The molecule has 3 rings (SSSR count). The minimum absolute atomic E-state index is 0.0503. The summed E-state index contributed by atoms with van der Waals surface area (Å²) in [6.07, 6.45) is 5.35. The van der Waals surface area contributed by atoms with Crippen LogP contribution >= 0.6 is 0 Å². The van der Waals surface area contributed by atoms with Crippen molar-refractivity contribution in [2.24, 2.45) is 23.5 Å². The van der Waals surface area contributed by atoms with Crippen LogP contribution in [0.1, 0.15) is 61.9 Å². The summed E-state index contributed by atoms with van der Waals surface area (Å²) >= 11 is 0. The maximum absolute atomic E-state index is 12.7. The molecule has 2 saturated carbocycles. The number of carbonyl (C=O) groups excluding carboxylic acids is 2. The molecule has 142 valence electrons. The van der Waals surface area contributed by atoms with Gasteiger partial charge in [0.1, 0.15) is 0 Å². The highest BCUT2D eigenvalue weighted by molar-refractivity contribution is 5.97. The third-order valence-corrected chi connectivity index (χ3v) is 5.94. The van der Waals surface area contributed by atoms with Crippen LogP contribution in [-0.2, 0) is 4.79 Å². The van der Waals surface area contributed by atoms with E-state index in [9.17, 15) is 9.59 Å². The fourth-order valence-corrected chi connectivity index (χ4v) is 4.58. The molecule has 5 nitrogen and oxygen atoms in total. The predicted octanol–water partition coefficient (Wildman–Crippen LogP) is 3.23. The maximum Gasteiger partial charge on any atom is 0.251 e. The van der Waals surface area contributed by atoms with Gasteiger partial charge in [0.15, 0.2) is 0 Å². The van der Waals surface area contributed by atoms with E-state index in [0.717, 1.165) is 36.9 Å². The van der Waals surface area contributed by atoms with E-state index in [-0.39, 0.29) is 29.8 Å². The van der Waals surface area contributed by atoms with Crippen LogP contribution in [0.25, 0.3) is 0 Å². The van der Waals surface area contributed by atoms with E-state index in [1.165, 1.54) is 6.42 Å². The topological polar surface area (TPSA) is 84.2 Å². The van der Waals surface area contributed by atoms with E-state index in [1.807, 2.05) is 32.9 Å². The number of nitrogens with two attached hydrogens (primary N) is 1. The van der Waals surface area contributed by atoms with Crippen LogP contribution in [0.15, 0.2) is 18.2 Å². The molecule has 1 aromatic rings. The first-order valence-electron chi connectivity index (χ1n) is 9.83. The molecule has 0 heterocycles. The van der Waals surface area contributed by atoms with Crippen molar-refractivity contribution < 1.29 is 9.59 Å². The zero-order valence-corrected chi connectivity index (χ0v) is 16.0. The van der Waals surface area contributed by atoms with Crippen LogP contribution in [0.4, 0.5) is 5.69 Å². The molecule has 2 atom stereocenters. The molecule has 0 radical (unpaired) electrons. The summed E-state index contributed by atoms with van der Waals surface area (Å²) < 4.78 is 0. The van der Waals surface area contributed by atoms with Crippen molar-refractivity contribution in [2.45, 2.75) is 65.0 Å². The Morgan fingerprint density at radius 1 is 1.15 bits per heavy atom. The van der Waals surface area contributed by atoms with E-state index >= 15 is 0 Å². The zero-order valence-electron chi connectivity index (χ0n) is 16.0. The minimum Gasteiger partial charge on any atom is -0.350 e. The smallest absolute Gasteiger partial charge is 0.251 e. The van der Waals surface area contributed by atoms with Gasteiger partial charge < -0.3 is 16.4 Å². The first-order chi connectivity index (χ1) is 12.3. The van der Waals surface area contributed by atoms with Crippen molar-refractivity contribution in [1.29, 1.82) is 0 Å². The lowest BCUT2D eigenvalue weighted by molar-refractivity contribution is -0.122. The predicted molar refractivity (Wildman–Crippen MR) is 104 cm³/mol. The van der Waals surface area contributed by atoms with Crippen LogP contribution in [0.2, 0.25) is 0 Å². The molecule has 0 spiro atoms. The lowest BCUT2D eigenvalue weighted by Crippen LogP contribution is -2.48. The Morgan fingerprint density at radius 3 is 2.38 bits per heavy atom. The van der Waals surface area contributed by atoms with Gasteiger partial charge >= 0.3 is 0 Å². The van der Waals surface area contributed by atoms with E-state index in [2.05, 4.69) is 10.6 Å². The molecular weight excluding hydrogens is 326 g/mol. The number of nitrogens with one attached hydrogen (secondary N) is 2. The highest BCUT2D eigenvalue weighted by Gasteiger charge is 2.40. The molecule has 0 aromatic heterocycles. The molecule has 1 aromatic carbocycles. The van der Waals surface area contributed by atoms with Gasteiger partial charge in [-0.2, -0.15) is 0 Å². The minimum atomic E-state index is -0.0792. The Balaban J connectivity index is 1.64. The number of rotatable bonds is 4. The van der Waals surface area contributed by atoms with Crippen molar-refractivity contribution in [2.75, 3.05) is 5.32 Å². The Kier molecular flexibility index (Phi) is 5.66. The van der Waals surface area contributed by atoms with Crippen LogP contribution in [-0.4, -0.2) is 23.9 Å². The number of hydrogen-bond donors (Lipinski definition) is 3. The number of aryl methyl sites for hydroxylation is 1. The third kappa shape index (κ3) is 4.09. The number of hydrogen-bond acceptors (Lipinski definition) is 3. The molecule has 2 unspecified atom stereocenters. The van der Waals surface area contributed by atoms with E-state index < -0.39 is 0 Å². The van der Waals surface area contributed by atoms with Crippen LogP contribution in [0.5, 0.6) is 0 Å². The molecule has 2 aliphatic carbocycles. The number of fused-ring (bicyclic) bond motifs is 2. The Labute approximate surface area is 156 Å². The largest absolute Gasteiger partial charge is 0.350 e. The molecule has 4 N–H and O–H groups in total. The highest BCUT2D eigenvalue weighted by Crippen LogP contribution is 2.42. The third-order valence-electron chi connectivity index (χ3n) is 5.94. The Hall–Kier alpha value is -1.88. The van der Waals surface area contributed by atoms with Gasteiger partial charge in [-0.3, -0.25) is 9.59 Å². The normalized spacial score (nSPS) is 27.9. The van der Waals surface area contributed by atoms with Gasteiger partial charge in [-0.05, 0) is 82.1 Å². The second kappa shape index (κ2) is 7.78. The average molecular weight is 357 g/mol. The molecule has 26 heavy (non-hydrogen) atoms. The van der Waals surface area contributed by atoms with Crippen molar-refractivity contribution in [1.82, 2.24) is 5.32 Å². The Bertz CT molecular complexity index is 672. The lowest BCUT2D eigenvalue weighted by atomic mass is 9.65. The van der Waals surface area contributed by atoms with Gasteiger partial charge in [0.25, 0.3) is 5.91 Å². The maximum atomic E-state index is 12.7. The van der Waals surface area contributed by atoms with E-state index in [0.29, 0.717) is 17.4 Å². The summed E-state index contributed by atoms with van der Waals surface area (Å²) in [4.78, 5) is 24.9. The number of amides is 2. The number of benzene rings is 1. The molecule has 5 heteroatoms. The van der Waals surface area contributed by atoms with E-state index in [1.54, 1.807) is 6.07 Å².